The van der Waals surface area contributed by atoms with Crippen LogP contribution in [0.2, 0.25) is 0 Å². The van der Waals surface area contributed by atoms with Crippen molar-refractivity contribution in [2.75, 3.05) is 4.90 Å². The second-order valence-corrected chi connectivity index (χ2v) is 6.50. The molecule has 0 spiro atoms. The van der Waals surface area contributed by atoms with E-state index in [1.165, 1.54) is 16.7 Å². The zero-order valence-electron chi connectivity index (χ0n) is 15.2. The van der Waals surface area contributed by atoms with Crippen molar-refractivity contribution < 1.29 is 9.59 Å². The predicted octanol–water partition coefficient (Wildman–Crippen LogP) is 5.71. The number of carbonyl (C=O) groups is 2. The van der Waals surface area contributed by atoms with Crippen LogP contribution in [0.15, 0.2) is 60.7 Å². The van der Waals surface area contributed by atoms with Gasteiger partial charge in [-0.3, -0.25) is 9.59 Å². The van der Waals surface area contributed by atoms with Gasteiger partial charge in [0.15, 0.2) is 0 Å². The highest BCUT2D eigenvalue weighted by atomic mass is 16.1. The zero-order valence-corrected chi connectivity index (χ0v) is 15.2. The van der Waals surface area contributed by atoms with Crippen molar-refractivity contribution in [2.45, 2.75) is 20.8 Å². The first-order valence-electron chi connectivity index (χ1n) is 8.52. The second kappa shape index (κ2) is 7.36. The van der Waals surface area contributed by atoms with Gasteiger partial charge in [0.25, 0.3) is 0 Å². The van der Waals surface area contributed by atoms with Crippen molar-refractivity contribution in [1.82, 2.24) is 0 Å². The summed E-state index contributed by atoms with van der Waals surface area (Å²) >= 11 is 0. The minimum Gasteiger partial charge on any atom is -0.310 e. The van der Waals surface area contributed by atoms with Crippen LogP contribution < -0.4 is 4.90 Å². The van der Waals surface area contributed by atoms with Crippen molar-refractivity contribution in [3.63, 3.8) is 0 Å². The van der Waals surface area contributed by atoms with Crippen LogP contribution >= 0.6 is 0 Å². The molecule has 0 saturated carbocycles. The summed E-state index contributed by atoms with van der Waals surface area (Å²) in [5.74, 6) is 0. The smallest absolute Gasteiger partial charge is 0.150 e. The Morgan fingerprint density at radius 3 is 1.38 bits per heavy atom. The van der Waals surface area contributed by atoms with Gasteiger partial charge in [-0.2, -0.15) is 0 Å². The lowest BCUT2D eigenvalue weighted by atomic mass is 10.0. The molecule has 0 radical (unpaired) electrons. The quantitative estimate of drug-likeness (QED) is 0.557. The summed E-state index contributed by atoms with van der Waals surface area (Å²) in [5, 5.41) is 0. The number of rotatable bonds is 5. The molecule has 26 heavy (non-hydrogen) atoms. The highest BCUT2D eigenvalue weighted by Gasteiger charge is 2.17. The molecule has 3 aromatic rings. The fourth-order valence-electron chi connectivity index (χ4n) is 3.34. The molecule has 0 unspecified atom stereocenters. The average Bonchev–Trinajstić information content (AvgIpc) is 2.65. The molecule has 0 atom stereocenters. The van der Waals surface area contributed by atoms with E-state index in [1.54, 1.807) is 0 Å². The largest absolute Gasteiger partial charge is 0.310 e. The number of hydrogen-bond acceptors (Lipinski definition) is 3. The first kappa shape index (κ1) is 17.6. The highest BCUT2D eigenvalue weighted by Crippen LogP contribution is 2.39. The summed E-state index contributed by atoms with van der Waals surface area (Å²) in [5.41, 5.74) is 7.87. The fraction of sp³-hybridized carbons (Fsp3) is 0.130. The molecule has 0 aliphatic heterocycles. The van der Waals surface area contributed by atoms with Gasteiger partial charge in [-0.05, 0) is 80.4 Å². The van der Waals surface area contributed by atoms with Gasteiger partial charge in [-0.1, -0.05) is 17.7 Å². The van der Waals surface area contributed by atoms with Gasteiger partial charge >= 0.3 is 0 Å². The van der Waals surface area contributed by atoms with Crippen LogP contribution in [0, 0.1) is 20.8 Å². The van der Waals surface area contributed by atoms with Crippen LogP contribution in [0.1, 0.15) is 37.4 Å². The summed E-state index contributed by atoms with van der Waals surface area (Å²) in [4.78, 5) is 24.2. The van der Waals surface area contributed by atoms with Crippen LogP contribution in [0.4, 0.5) is 17.1 Å². The molecule has 0 heterocycles. The van der Waals surface area contributed by atoms with Crippen molar-refractivity contribution in [1.29, 1.82) is 0 Å². The fourth-order valence-corrected chi connectivity index (χ4v) is 3.34. The van der Waals surface area contributed by atoms with E-state index >= 15 is 0 Å². The molecular formula is C23H21NO2. The third kappa shape index (κ3) is 3.42. The van der Waals surface area contributed by atoms with E-state index in [0.29, 0.717) is 11.1 Å². The SMILES string of the molecule is Cc1cc(C)c(N(c2ccc(C=O)cc2)c2ccc(C=O)cc2)c(C)c1. The van der Waals surface area contributed by atoms with E-state index in [0.717, 1.165) is 29.6 Å². The Morgan fingerprint density at radius 2 is 1.04 bits per heavy atom. The zero-order chi connectivity index (χ0) is 18.7. The molecule has 0 N–H and O–H groups in total. The topological polar surface area (TPSA) is 37.4 Å². The molecule has 130 valence electrons. The summed E-state index contributed by atoms with van der Waals surface area (Å²) in [6.07, 6.45) is 1.69. The Hall–Kier alpha value is -3.20. The average molecular weight is 343 g/mol. The normalized spacial score (nSPS) is 10.4. The van der Waals surface area contributed by atoms with Crippen molar-refractivity contribution >= 4 is 29.6 Å². The highest BCUT2D eigenvalue weighted by molar-refractivity contribution is 5.84. The van der Waals surface area contributed by atoms with Gasteiger partial charge in [-0.25, -0.2) is 0 Å². The van der Waals surface area contributed by atoms with Gasteiger partial charge in [0, 0.05) is 22.5 Å². The van der Waals surface area contributed by atoms with Crippen molar-refractivity contribution in [3.05, 3.63) is 88.5 Å². The molecule has 0 aliphatic carbocycles. The maximum absolute atomic E-state index is 11.0. The Labute approximate surface area is 153 Å². The van der Waals surface area contributed by atoms with Crippen LogP contribution in [0.25, 0.3) is 0 Å². The lowest BCUT2D eigenvalue weighted by Gasteiger charge is -2.29. The Balaban J connectivity index is 2.21. The summed E-state index contributed by atoms with van der Waals surface area (Å²) in [6.45, 7) is 6.29. The third-order valence-corrected chi connectivity index (χ3v) is 4.43. The summed E-state index contributed by atoms with van der Waals surface area (Å²) < 4.78 is 0. The molecule has 3 aromatic carbocycles. The molecule has 3 heteroatoms. The lowest BCUT2D eigenvalue weighted by Crippen LogP contribution is -2.13. The van der Waals surface area contributed by atoms with Crippen molar-refractivity contribution in [2.24, 2.45) is 0 Å². The molecular weight excluding hydrogens is 322 g/mol. The molecule has 0 aliphatic rings. The van der Waals surface area contributed by atoms with E-state index < -0.39 is 0 Å². The van der Waals surface area contributed by atoms with Crippen LogP contribution in [-0.2, 0) is 0 Å². The monoisotopic (exact) mass is 343 g/mol. The van der Waals surface area contributed by atoms with E-state index in [9.17, 15) is 9.59 Å². The number of hydrogen-bond donors (Lipinski definition) is 0. The van der Waals surface area contributed by atoms with E-state index in [-0.39, 0.29) is 0 Å². The Bertz CT molecular complexity index is 866. The number of anilines is 3. The van der Waals surface area contributed by atoms with E-state index in [4.69, 9.17) is 0 Å². The maximum atomic E-state index is 11.0. The molecule has 3 rings (SSSR count). The maximum Gasteiger partial charge on any atom is 0.150 e. The number of nitrogens with zero attached hydrogens (tertiary/aromatic N) is 1. The number of benzene rings is 3. The summed E-state index contributed by atoms with van der Waals surface area (Å²) in [6, 6.07) is 19.3. The van der Waals surface area contributed by atoms with Crippen LogP contribution in [0.5, 0.6) is 0 Å². The van der Waals surface area contributed by atoms with E-state index in [1.807, 2.05) is 48.5 Å². The Morgan fingerprint density at radius 1 is 0.654 bits per heavy atom. The lowest BCUT2D eigenvalue weighted by molar-refractivity contribution is 0.111. The number of carbonyl (C=O) groups excluding carboxylic acids is 2. The molecule has 0 saturated heterocycles. The van der Waals surface area contributed by atoms with Crippen molar-refractivity contribution in [3.8, 4) is 0 Å². The van der Waals surface area contributed by atoms with Gasteiger partial charge in [0.1, 0.15) is 12.6 Å². The molecule has 0 bridgehead atoms. The molecule has 3 nitrogen and oxygen atoms in total. The first-order chi connectivity index (χ1) is 12.5. The first-order valence-corrected chi connectivity index (χ1v) is 8.52. The van der Waals surface area contributed by atoms with E-state index in [2.05, 4.69) is 37.8 Å². The van der Waals surface area contributed by atoms with Gasteiger partial charge in [0.2, 0.25) is 0 Å². The third-order valence-electron chi connectivity index (χ3n) is 4.43. The number of aldehydes is 2. The second-order valence-electron chi connectivity index (χ2n) is 6.50. The standard InChI is InChI=1S/C23H21NO2/c1-16-12-17(2)23(18(3)13-16)24(21-8-4-19(14-25)5-9-21)22-10-6-20(15-26)7-11-22/h4-15H,1-3H3. The Kier molecular flexibility index (Phi) is 4.99. The number of aryl methyl sites for hydroxylation is 3. The van der Waals surface area contributed by atoms with Gasteiger partial charge in [-0.15, -0.1) is 0 Å². The molecule has 0 aromatic heterocycles. The minimum atomic E-state index is 0.641. The minimum absolute atomic E-state index is 0.641. The van der Waals surface area contributed by atoms with Gasteiger partial charge in [0.05, 0.1) is 5.69 Å². The van der Waals surface area contributed by atoms with Gasteiger partial charge < -0.3 is 4.90 Å². The molecule has 0 fully saturated rings. The summed E-state index contributed by atoms with van der Waals surface area (Å²) in [7, 11) is 0. The van der Waals surface area contributed by atoms with Crippen LogP contribution in [0.3, 0.4) is 0 Å². The molecule has 0 amide bonds. The predicted molar refractivity (Wildman–Crippen MR) is 106 cm³/mol. The van der Waals surface area contributed by atoms with Crippen LogP contribution in [-0.4, -0.2) is 12.6 Å².